The molecule has 2 N–H and O–H groups in total. The topological polar surface area (TPSA) is 96.3 Å². The summed E-state index contributed by atoms with van der Waals surface area (Å²) in [5, 5.41) is 16.0. The number of nitrogens with zero attached hydrogens (tertiary/aromatic N) is 1. The van der Waals surface area contributed by atoms with Gasteiger partial charge < -0.3 is 19.7 Å². The van der Waals surface area contributed by atoms with Crippen LogP contribution in [-0.4, -0.2) is 66.1 Å². The number of morpholine rings is 1. The van der Waals surface area contributed by atoms with E-state index in [0.29, 0.717) is 13.2 Å². The molecular weight excluding hydrogens is 467 g/mol. The summed E-state index contributed by atoms with van der Waals surface area (Å²) in [6.07, 6.45) is -1.70. The molecule has 0 radical (unpaired) electrons. The number of unbranched alkanes of at least 4 members (excludes halogenated alkanes) is 1. The zero-order valence-corrected chi connectivity index (χ0v) is 19.2. The van der Waals surface area contributed by atoms with Gasteiger partial charge in [0.15, 0.2) is 0 Å². The van der Waals surface area contributed by atoms with E-state index in [4.69, 9.17) is 24.5 Å². The predicted molar refractivity (Wildman–Crippen MR) is 122 cm³/mol. The summed E-state index contributed by atoms with van der Waals surface area (Å²) in [6.45, 7) is 3.43. The third-order valence-corrected chi connectivity index (χ3v) is 5.26. The van der Waals surface area contributed by atoms with E-state index < -0.39 is 18.1 Å². The van der Waals surface area contributed by atoms with E-state index in [9.17, 15) is 18.0 Å². The molecular formula is C25H30F3NO6. The van der Waals surface area contributed by atoms with Crippen LogP contribution < -0.4 is 4.74 Å². The highest BCUT2D eigenvalue weighted by atomic mass is 19.4. The molecule has 3 rings (SSSR count). The second kappa shape index (κ2) is 14.3. The Labute approximate surface area is 202 Å². The maximum atomic E-state index is 10.8. The Morgan fingerprint density at radius 1 is 1.03 bits per heavy atom. The highest BCUT2D eigenvalue weighted by Crippen LogP contribution is 2.24. The average molecular weight is 498 g/mol. The van der Waals surface area contributed by atoms with E-state index in [1.54, 1.807) is 0 Å². The van der Waals surface area contributed by atoms with Gasteiger partial charge in [0.05, 0.1) is 25.7 Å². The molecule has 1 atom stereocenters. The van der Waals surface area contributed by atoms with Crippen LogP contribution in [0.5, 0.6) is 5.75 Å². The molecule has 35 heavy (non-hydrogen) atoms. The number of benzene rings is 2. The number of halogens is 3. The van der Waals surface area contributed by atoms with Crippen LogP contribution in [0.15, 0.2) is 54.6 Å². The van der Waals surface area contributed by atoms with Gasteiger partial charge in [-0.1, -0.05) is 42.5 Å². The number of carbonyl (C=O) groups is 2. The lowest BCUT2D eigenvalue weighted by atomic mass is 10.1. The zero-order chi connectivity index (χ0) is 25.7. The van der Waals surface area contributed by atoms with Crippen molar-refractivity contribution in [3.63, 3.8) is 0 Å². The van der Waals surface area contributed by atoms with Crippen LogP contribution in [0.2, 0.25) is 0 Å². The van der Waals surface area contributed by atoms with Gasteiger partial charge in [-0.25, -0.2) is 4.79 Å². The Balaban J connectivity index is 0.000000540. The van der Waals surface area contributed by atoms with Crippen molar-refractivity contribution in [2.45, 2.75) is 38.0 Å². The third kappa shape index (κ3) is 11.2. The number of hydrogen-bond acceptors (Lipinski definition) is 5. The highest BCUT2D eigenvalue weighted by Gasteiger charge is 2.38. The van der Waals surface area contributed by atoms with E-state index in [2.05, 4.69) is 29.2 Å². The summed E-state index contributed by atoms with van der Waals surface area (Å²) in [4.78, 5) is 21.8. The molecule has 192 valence electrons. The van der Waals surface area contributed by atoms with E-state index in [1.807, 2.05) is 30.3 Å². The largest absolute Gasteiger partial charge is 0.494 e. The summed E-state index contributed by atoms with van der Waals surface area (Å²) in [7, 11) is 0. The SMILES string of the molecule is O=C(O)C(F)(F)F.O=C(O)CCN1CCOC(c2ccc(OCCCCc3ccccc3)cc2)C1. The molecule has 1 unspecified atom stereocenters. The van der Waals surface area contributed by atoms with E-state index in [1.165, 1.54) is 5.56 Å². The number of aliphatic carboxylic acids is 2. The molecule has 10 heteroatoms. The number of aryl methyl sites for hydroxylation is 1. The van der Waals surface area contributed by atoms with Gasteiger partial charge in [0.25, 0.3) is 0 Å². The first-order valence-corrected chi connectivity index (χ1v) is 11.3. The fraction of sp³-hybridized carbons (Fsp3) is 0.440. The molecule has 0 saturated carbocycles. The van der Waals surface area contributed by atoms with E-state index >= 15 is 0 Å². The van der Waals surface area contributed by atoms with Crippen LogP contribution in [0.4, 0.5) is 13.2 Å². The highest BCUT2D eigenvalue weighted by molar-refractivity contribution is 5.73. The van der Waals surface area contributed by atoms with Gasteiger partial charge in [-0.3, -0.25) is 9.69 Å². The van der Waals surface area contributed by atoms with Crippen LogP contribution in [0.1, 0.15) is 36.5 Å². The lowest BCUT2D eigenvalue weighted by Gasteiger charge is -2.32. The van der Waals surface area contributed by atoms with Crippen molar-refractivity contribution in [3.8, 4) is 5.75 Å². The molecule has 0 aromatic heterocycles. The van der Waals surface area contributed by atoms with Gasteiger partial charge in [-0.05, 0) is 42.5 Å². The standard InChI is InChI=1S/C23H29NO4.C2HF3O2/c25-23(26)13-14-24-15-17-28-22(18-24)20-9-11-21(12-10-20)27-16-5-4-8-19-6-2-1-3-7-19;3-2(4,5)1(6)7/h1-3,6-7,9-12,22H,4-5,8,13-18H2,(H,25,26);(H,6,7). The average Bonchev–Trinajstić information content (AvgIpc) is 2.83. The third-order valence-electron chi connectivity index (χ3n) is 5.26. The Hall–Kier alpha value is -3.11. The molecule has 1 aliphatic rings. The molecule has 2 aromatic carbocycles. The maximum Gasteiger partial charge on any atom is 0.490 e. The summed E-state index contributed by atoms with van der Waals surface area (Å²) in [5.41, 5.74) is 2.48. The fourth-order valence-corrected chi connectivity index (χ4v) is 3.41. The molecule has 1 fully saturated rings. The number of ether oxygens (including phenoxy) is 2. The molecule has 7 nitrogen and oxygen atoms in total. The van der Waals surface area contributed by atoms with Crippen LogP contribution in [0, 0.1) is 0 Å². The molecule has 0 aliphatic carbocycles. The quantitative estimate of drug-likeness (QED) is 0.464. The fourth-order valence-electron chi connectivity index (χ4n) is 3.41. The van der Waals surface area contributed by atoms with E-state index in [-0.39, 0.29) is 12.5 Å². The van der Waals surface area contributed by atoms with Gasteiger partial charge in [-0.15, -0.1) is 0 Å². The summed E-state index contributed by atoms with van der Waals surface area (Å²) >= 11 is 0. The van der Waals surface area contributed by atoms with Crippen LogP contribution in [0.3, 0.4) is 0 Å². The first-order valence-electron chi connectivity index (χ1n) is 11.3. The molecule has 1 heterocycles. The van der Waals surface area contributed by atoms with Gasteiger partial charge in [0.1, 0.15) is 5.75 Å². The Bertz CT molecular complexity index is 906. The Morgan fingerprint density at radius 2 is 1.69 bits per heavy atom. The minimum Gasteiger partial charge on any atom is -0.494 e. The first-order chi connectivity index (χ1) is 16.6. The number of rotatable bonds is 10. The van der Waals surface area contributed by atoms with E-state index in [0.717, 1.165) is 50.3 Å². The van der Waals surface area contributed by atoms with Crippen molar-refractivity contribution in [1.82, 2.24) is 4.90 Å². The monoisotopic (exact) mass is 497 g/mol. The van der Waals surface area contributed by atoms with Crippen molar-refractivity contribution >= 4 is 11.9 Å². The number of alkyl halides is 3. The molecule has 0 spiro atoms. The van der Waals surface area contributed by atoms with Gasteiger partial charge in [0.2, 0.25) is 0 Å². The molecule has 0 amide bonds. The van der Waals surface area contributed by atoms with Gasteiger partial charge in [-0.2, -0.15) is 13.2 Å². The molecule has 1 aliphatic heterocycles. The summed E-state index contributed by atoms with van der Waals surface area (Å²) in [5.74, 6) is -2.64. The summed E-state index contributed by atoms with van der Waals surface area (Å²) < 4.78 is 43.5. The lowest BCUT2D eigenvalue weighted by molar-refractivity contribution is -0.192. The Kier molecular flexibility index (Phi) is 11.5. The van der Waals surface area contributed by atoms with Crippen LogP contribution in [0.25, 0.3) is 0 Å². The second-order valence-corrected chi connectivity index (χ2v) is 7.97. The van der Waals surface area contributed by atoms with Crippen molar-refractivity contribution < 1.29 is 42.4 Å². The normalized spacial score (nSPS) is 16.1. The Morgan fingerprint density at radius 3 is 2.29 bits per heavy atom. The van der Waals surface area contributed by atoms with Crippen molar-refractivity contribution in [2.75, 3.05) is 32.8 Å². The maximum absolute atomic E-state index is 10.8. The predicted octanol–water partition coefficient (Wildman–Crippen LogP) is 4.57. The van der Waals surface area contributed by atoms with Crippen LogP contribution in [-0.2, 0) is 20.7 Å². The molecule has 2 aromatic rings. The van der Waals surface area contributed by atoms with Crippen LogP contribution >= 0.6 is 0 Å². The van der Waals surface area contributed by atoms with Gasteiger partial charge in [0, 0.05) is 19.6 Å². The molecule has 1 saturated heterocycles. The smallest absolute Gasteiger partial charge is 0.490 e. The lowest BCUT2D eigenvalue weighted by Crippen LogP contribution is -2.39. The number of carboxylic acid groups (broad SMARTS) is 2. The number of carboxylic acids is 2. The van der Waals surface area contributed by atoms with Gasteiger partial charge >= 0.3 is 18.1 Å². The zero-order valence-electron chi connectivity index (χ0n) is 19.2. The molecule has 0 bridgehead atoms. The second-order valence-electron chi connectivity index (χ2n) is 7.97. The van der Waals surface area contributed by atoms with Crippen molar-refractivity contribution in [3.05, 3.63) is 65.7 Å². The summed E-state index contributed by atoms with van der Waals surface area (Å²) in [6, 6.07) is 18.6. The minimum absolute atomic E-state index is 0.0116. The first kappa shape index (κ1) is 28.1. The van der Waals surface area contributed by atoms with Crippen molar-refractivity contribution in [1.29, 1.82) is 0 Å². The van der Waals surface area contributed by atoms with Crippen molar-refractivity contribution in [2.24, 2.45) is 0 Å². The minimum atomic E-state index is -5.08. The number of hydrogen-bond donors (Lipinski definition) is 2.